The Morgan fingerprint density at radius 1 is 0.320 bits per heavy atom. The van der Waals surface area contributed by atoms with Crippen molar-refractivity contribution in [2.45, 2.75) is 0 Å². The van der Waals surface area contributed by atoms with Crippen molar-refractivity contribution in [3.8, 4) is 16.8 Å². The van der Waals surface area contributed by atoms with Gasteiger partial charge in [-0.3, -0.25) is 0 Å². The van der Waals surface area contributed by atoms with Gasteiger partial charge in [-0.25, -0.2) is 0 Å². The molecule has 12 rings (SSSR count). The van der Waals surface area contributed by atoms with Gasteiger partial charge < -0.3 is 8.97 Å². The maximum absolute atomic E-state index is 2.54. The van der Waals surface area contributed by atoms with Crippen LogP contribution in [0.1, 0.15) is 0 Å². The van der Waals surface area contributed by atoms with E-state index in [4.69, 9.17) is 0 Å². The predicted molar refractivity (Wildman–Crippen MR) is 213 cm³/mol. The minimum atomic E-state index is 1.16. The second kappa shape index (κ2) is 9.49. The average Bonchev–Trinajstić information content (AvgIpc) is 3.82. The molecular weight excluding hydrogens is 605 g/mol. The van der Waals surface area contributed by atoms with E-state index in [0.29, 0.717) is 0 Å². The van der Waals surface area contributed by atoms with Crippen molar-refractivity contribution in [3.63, 3.8) is 0 Å². The van der Waals surface area contributed by atoms with Crippen LogP contribution in [0.3, 0.4) is 0 Å². The fraction of sp³-hybridized carbons (Fsp3) is 0. The number of rotatable bonds is 2. The molecule has 230 valence electrons. The van der Waals surface area contributed by atoms with Crippen molar-refractivity contribution >= 4 is 92.2 Å². The molecule has 0 saturated carbocycles. The lowest BCUT2D eigenvalue weighted by Crippen LogP contribution is -1.95. The predicted octanol–water partition coefficient (Wildman–Crippen LogP) is 13.1. The number of hydrogen-bond acceptors (Lipinski definition) is 0. The van der Waals surface area contributed by atoms with Crippen LogP contribution in [0.4, 0.5) is 0 Å². The molecule has 0 aliphatic heterocycles. The molecular formula is C48H28N2. The van der Waals surface area contributed by atoms with Gasteiger partial charge in [-0.1, -0.05) is 140 Å². The quantitative estimate of drug-likeness (QED) is 0.179. The molecule has 0 unspecified atom stereocenters. The molecule has 0 spiro atoms. The highest BCUT2D eigenvalue weighted by Gasteiger charge is 2.25. The van der Waals surface area contributed by atoms with Crippen LogP contribution in [0, 0.1) is 0 Å². The molecule has 2 heteroatoms. The lowest BCUT2D eigenvalue weighted by Gasteiger charge is -2.13. The molecule has 3 heterocycles. The van der Waals surface area contributed by atoms with Crippen LogP contribution in [0.2, 0.25) is 0 Å². The molecule has 0 atom stereocenters. The normalized spacial score (nSPS) is 12.4. The third kappa shape index (κ3) is 3.28. The van der Waals surface area contributed by atoms with E-state index >= 15 is 0 Å². The first-order chi connectivity index (χ1) is 24.8. The Labute approximate surface area is 287 Å². The molecule has 0 N–H and O–H groups in total. The van der Waals surface area contributed by atoms with Crippen molar-refractivity contribution in [1.82, 2.24) is 8.97 Å². The van der Waals surface area contributed by atoms with Crippen LogP contribution in [0.15, 0.2) is 170 Å². The number of fused-ring (bicyclic) bond motifs is 15. The van der Waals surface area contributed by atoms with Crippen molar-refractivity contribution in [2.24, 2.45) is 0 Å². The van der Waals surface area contributed by atoms with Crippen LogP contribution in [-0.2, 0) is 0 Å². The van der Waals surface area contributed by atoms with Gasteiger partial charge in [0.2, 0.25) is 0 Å². The van der Waals surface area contributed by atoms with Gasteiger partial charge in [-0.2, -0.15) is 0 Å². The third-order valence-corrected chi connectivity index (χ3v) is 11.2. The van der Waals surface area contributed by atoms with Gasteiger partial charge in [0.1, 0.15) is 0 Å². The number of benzene rings is 9. The lowest BCUT2D eigenvalue weighted by atomic mass is 9.97. The summed E-state index contributed by atoms with van der Waals surface area (Å²) >= 11 is 0. The molecule has 9 aromatic carbocycles. The highest BCUT2D eigenvalue weighted by molar-refractivity contribution is 6.40. The lowest BCUT2D eigenvalue weighted by molar-refractivity contribution is 1.19. The maximum Gasteiger partial charge on any atom is 0.0627 e. The summed E-state index contributed by atoms with van der Waals surface area (Å²) in [5.74, 6) is 0. The first-order valence-electron chi connectivity index (χ1n) is 17.4. The second-order valence-corrected chi connectivity index (χ2v) is 13.7. The highest BCUT2D eigenvalue weighted by Crippen LogP contribution is 2.49. The molecule has 3 aromatic heterocycles. The zero-order valence-corrected chi connectivity index (χ0v) is 27.1. The number of hydrogen-bond donors (Lipinski definition) is 0. The standard InChI is InChI=1S/C48H28N2/c1-2-13-32-28-43-41(27-31(32)12-1)45-44-40-21-10-20-37-36-16-7-8-22-42(36)50(46(37)40)48(44)39-18-6-5-17-38(39)47(45)49(43)33-25-23-30(24-26-33)35-19-9-14-29-11-3-4-15-34(29)35/h1-28H. The Hall–Kier alpha value is -6.64. The Bertz CT molecular complexity index is 3350. The molecule has 0 saturated heterocycles. The molecule has 0 aliphatic carbocycles. The molecule has 2 nitrogen and oxygen atoms in total. The van der Waals surface area contributed by atoms with Crippen LogP contribution in [0.5, 0.6) is 0 Å². The summed E-state index contributed by atoms with van der Waals surface area (Å²) in [6.07, 6.45) is 0. The van der Waals surface area contributed by atoms with Crippen molar-refractivity contribution in [3.05, 3.63) is 170 Å². The fourth-order valence-electron chi connectivity index (χ4n) is 9.11. The van der Waals surface area contributed by atoms with Crippen molar-refractivity contribution < 1.29 is 0 Å². The monoisotopic (exact) mass is 632 g/mol. The summed E-state index contributed by atoms with van der Waals surface area (Å²) in [5, 5.41) is 15.4. The van der Waals surface area contributed by atoms with Gasteiger partial charge in [0.05, 0.1) is 27.6 Å². The summed E-state index contributed by atoms with van der Waals surface area (Å²) in [7, 11) is 0. The summed E-state index contributed by atoms with van der Waals surface area (Å²) in [6.45, 7) is 0. The van der Waals surface area contributed by atoms with E-state index in [-0.39, 0.29) is 0 Å². The van der Waals surface area contributed by atoms with Gasteiger partial charge in [0.25, 0.3) is 0 Å². The van der Waals surface area contributed by atoms with E-state index in [1.165, 1.54) is 103 Å². The van der Waals surface area contributed by atoms with Crippen molar-refractivity contribution in [1.29, 1.82) is 0 Å². The highest BCUT2D eigenvalue weighted by atomic mass is 15.0. The van der Waals surface area contributed by atoms with Gasteiger partial charge in [-0.05, 0) is 63.0 Å². The van der Waals surface area contributed by atoms with Crippen LogP contribution < -0.4 is 0 Å². The topological polar surface area (TPSA) is 9.34 Å². The molecule has 0 amide bonds. The molecule has 12 aromatic rings. The fourth-order valence-corrected chi connectivity index (χ4v) is 9.11. The minimum absolute atomic E-state index is 1.16. The van der Waals surface area contributed by atoms with Gasteiger partial charge >= 0.3 is 0 Å². The van der Waals surface area contributed by atoms with E-state index in [2.05, 4.69) is 179 Å². The Morgan fingerprint density at radius 2 is 0.880 bits per heavy atom. The van der Waals surface area contributed by atoms with Gasteiger partial charge in [0, 0.05) is 48.8 Å². The van der Waals surface area contributed by atoms with E-state index < -0.39 is 0 Å². The Morgan fingerprint density at radius 3 is 1.70 bits per heavy atom. The second-order valence-electron chi connectivity index (χ2n) is 13.7. The zero-order chi connectivity index (χ0) is 32.5. The largest absolute Gasteiger partial charge is 0.309 e. The summed E-state index contributed by atoms with van der Waals surface area (Å²) in [5.41, 5.74) is 9.99. The first-order valence-corrected chi connectivity index (χ1v) is 17.4. The van der Waals surface area contributed by atoms with E-state index in [1.54, 1.807) is 0 Å². The smallest absolute Gasteiger partial charge is 0.0627 e. The maximum atomic E-state index is 2.54. The number of para-hydroxylation sites is 2. The van der Waals surface area contributed by atoms with Crippen molar-refractivity contribution in [2.75, 3.05) is 0 Å². The van der Waals surface area contributed by atoms with Crippen LogP contribution >= 0.6 is 0 Å². The molecule has 0 radical (unpaired) electrons. The Balaban J connectivity index is 1.27. The molecule has 0 fully saturated rings. The van der Waals surface area contributed by atoms with E-state index in [0.717, 1.165) is 5.69 Å². The summed E-state index contributed by atoms with van der Waals surface area (Å²) in [4.78, 5) is 0. The Kier molecular flexibility index (Phi) is 5.00. The summed E-state index contributed by atoms with van der Waals surface area (Å²) in [6, 6.07) is 62.8. The molecule has 0 aliphatic rings. The summed E-state index contributed by atoms with van der Waals surface area (Å²) < 4.78 is 5.07. The van der Waals surface area contributed by atoms with E-state index in [9.17, 15) is 0 Å². The van der Waals surface area contributed by atoms with Crippen LogP contribution in [-0.4, -0.2) is 8.97 Å². The minimum Gasteiger partial charge on any atom is -0.309 e. The van der Waals surface area contributed by atoms with Crippen LogP contribution in [0.25, 0.3) is 109 Å². The number of nitrogens with zero attached hydrogens (tertiary/aromatic N) is 2. The van der Waals surface area contributed by atoms with E-state index in [1.807, 2.05) is 0 Å². The van der Waals surface area contributed by atoms with Gasteiger partial charge in [0.15, 0.2) is 0 Å². The average molecular weight is 633 g/mol. The third-order valence-electron chi connectivity index (χ3n) is 11.2. The SMILES string of the molecule is c1ccc2cc3c(cc2c1)c1c2c4cccc5c6ccccc6n(c54)c2c2ccccc2c1n3-c1ccc(-c2cccc3ccccc23)cc1. The first kappa shape index (κ1) is 26.3. The number of aromatic nitrogens is 2. The molecule has 0 bridgehead atoms. The van der Waals surface area contributed by atoms with Gasteiger partial charge in [-0.15, -0.1) is 0 Å². The zero-order valence-electron chi connectivity index (χ0n) is 27.1. The molecule has 50 heavy (non-hydrogen) atoms.